The van der Waals surface area contributed by atoms with Crippen molar-refractivity contribution in [1.82, 2.24) is 4.37 Å². The lowest BCUT2D eigenvalue weighted by Gasteiger charge is -1.96. The van der Waals surface area contributed by atoms with Crippen LogP contribution in [-0.2, 0) is 4.74 Å². The van der Waals surface area contributed by atoms with Gasteiger partial charge in [-0.15, -0.1) is 0 Å². The summed E-state index contributed by atoms with van der Waals surface area (Å²) in [7, 11) is 0. The van der Waals surface area contributed by atoms with Crippen molar-refractivity contribution in [3.8, 4) is 0 Å². The topological polar surface area (TPSA) is 39.2 Å². The van der Waals surface area contributed by atoms with Gasteiger partial charge in [0.05, 0.1) is 6.61 Å². The number of rotatable bonds is 2. The van der Waals surface area contributed by atoms with Crippen molar-refractivity contribution in [3.05, 3.63) is 15.1 Å². The lowest BCUT2D eigenvalue weighted by atomic mass is 10.5. The van der Waals surface area contributed by atoms with Crippen LogP contribution in [0.4, 0.5) is 0 Å². The summed E-state index contributed by atoms with van der Waals surface area (Å²) >= 11 is 12.1. The number of carbonyl (C=O) groups excluding carboxylic acids is 1. The van der Waals surface area contributed by atoms with Crippen LogP contribution in [0.3, 0.4) is 0 Å². The van der Waals surface area contributed by atoms with E-state index < -0.39 is 5.97 Å². The first-order valence-corrected chi connectivity index (χ1v) is 4.67. The van der Waals surface area contributed by atoms with Crippen LogP contribution in [0.25, 0.3) is 0 Å². The van der Waals surface area contributed by atoms with Crippen molar-refractivity contribution < 1.29 is 9.53 Å². The summed E-state index contributed by atoms with van der Waals surface area (Å²) < 4.78 is 8.40. The molecule has 1 aromatic heterocycles. The minimum atomic E-state index is -0.480. The van der Waals surface area contributed by atoms with Crippen LogP contribution in [0.15, 0.2) is 0 Å². The number of aromatic nitrogens is 1. The van der Waals surface area contributed by atoms with E-state index in [4.69, 9.17) is 27.9 Å². The molecule has 0 spiro atoms. The zero-order chi connectivity index (χ0) is 9.14. The van der Waals surface area contributed by atoms with Gasteiger partial charge in [0.15, 0.2) is 10.0 Å². The quantitative estimate of drug-likeness (QED) is 0.727. The molecule has 3 nitrogen and oxygen atoms in total. The number of nitrogens with zero attached hydrogens (tertiary/aromatic N) is 1. The minimum Gasteiger partial charge on any atom is -0.462 e. The molecule has 12 heavy (non-hydrogen) atoms. The third kappa shape index (κ3) is 1.88. The molecular weight excluding hydrogens is 221 g/mol. The lowest BCUT2D eigenvalue weighted by molar-refractivity contribution is 0.0532. The Morgan fingerprint density at radius 1 is 1.67 bits per heavy atom. The molecule has 0 saturated carbocycles. The van der Waals surface area contributed by atoms with Gasteiger partial charge in [0.25, 0.3) is 0 Å². The second-order valence-electron chi connectivity index (χ2n) is 1.84. The summed E-state index contributed by atoms with van der Waals surface area (Å²) in [6.07, 6.45) is 0. The number of halogens is 2. The van der Waals surface area contributed by atoms with Crippen LogP contribution >= 0.6 is 34.7 Å². The van der Waals surface area contributed by atoms with Crippen molar-refractivity contribution in [2.75, 3.05) is 6.61 Å². The fraction of sp³-hybridized carbons (Fsp3) is 0.333. The Kier molecular flexibility index (Phi) is 3.31. The number of hydrogen-bond donors (Lipinski definition) is 0. The monoisotopic (exact) mass is 225 g/mol. The van der Waals surface area contributed by atoms with Crippen molar-refractivity contribution in [2.45, 2.75) is 6.92 Å². The summed E-state index contributed by atoms with van der Waals surface area (Å²) in [5.74, 6) is -0.480. The summed E-state index contributed by atoms with van der Waals surface area (Å²) in [5.41, 5.74) is 0. The fourth-order valence-corrected chi connectivity index (χ4v) is 1.68. The van der Waals surface area contributed by atoms with Crippen LogP contribution in [0.1, 0.15) is 16.6 Å². The van der Waals surface area contributed by atoms with E-state index in [1.54, 1.807) is 6.92 Å². The van der Waals surface area contributed by atoms with Gasteiger partial charge in [-0.1, -0.05) is 23.2 Å². The third-order valence-electron chi connectivity index (χ3n) is 1.06. The molecule has 1 aromatic rings. The maximum absolute atomic E-state index is 11.1. The predicted molar refractivity (Wildman–Crippen MR) is 48.1 cm³/mol. The average Bonchev–Trinajstić information content (AvgIpc) is 2.34. The molecule has 0 fully saturated rings. The number of ether oxygens (including phenoxy) is 1. The summed E-state index contributed by atoms with van der Waals surface area (Å²) in [6.45, 7) is 2.03. The maximum Gasteiger partial charge on any atom is 0.351 e. The molecule has 0 aliphatic rings. The van der Waals surface area contributed by atoms with Crippen LogP contribution < -0.4 is 0 Å². The highest BCUT2D eigenvalue weighted by Crippen LogP contribution is 2.28. The molecule has 0 N–H and O–H groups in total. The van der Waals surface area contributed by atoms with Crippen molar-refractivity contribution in [2.24, 2.45) is 0 Å². The Morgan fingerprint density at radius 3 is 2.75 bits per heavy atom. The van der Waals surface area contributed by atoms with Crippen molar-refractivity contribution in [3.63, 3.8) is 0 Å². The summed E-state index contributed by atoms with van der Waals surface area (Å²) in [6, 6.07) is 0. The standard InChI is InChI=1S/C6H5Cl2NO2S/c1-2-11-6(10)4-3(7)5(8)9-12-4/h2H2,1H3. The first kappa shape index (κ1) is 9.77. The van der Waals surface area contributed by atoms with E-state index in [2.05, 4.69) is 4.37 Å². The van der Waals surface area contributed by atoms with Crippen LogP contribution in [0.5, 0.6) is 0 Å². The number of hydrogen-bond acceptors (Lipinski definition) is 4. The molecule has 0 aliphatic heterocycles. The van der Waals surface area contributed by atoms with Gasteiger partial charge in [0, 0.05) is 0 Å². The number of carbonyl (C=O) groups is 1. The first-order chi connectivity index (χ1) is 5.66. The van der Waals surface area contributed by atoms with Gasteiger partial charge in [-0.25, -0.2) is 4.79 Å². The van der Waals surface area contributed by atoms with E-state index in [0.29, 0.717) is 6.61 Å². The fourth-order valence-electron chi connectivity index (χ4n) is 0.583. The van der Waals surface area contributed by atoms with Crippen molar-refractivity contribution >= 4 is 40.7 Å². The zero-order valence-electron chi connectivity index (χ0n) is 6.13. The molecule has 0 saturated heterocycles. The Hall–Kier alpha value is -0.320. The smallest absolute Gasteiger partial charge is 0.351 e. The SMILES string of the molecule is CCOC(=O)c1snc(Cl)c1Cl. The second kappa shape index (κ2) is 4.07. The molecule has 0 radical (unpaired) electrons. The highest BCUT2D eigenvalue weighted by atomic mass is 35.5. The molecule has 6 heteroatoms. The van der Waals surface area contributed by atoms with E-state index in [9.17, 15) is 4.79 Å². The second-order valence-corrected chi connectivity index (χ2v) is 3.35. The van der Waals surface area contributed by atoms with Gasteiger partial charge in [-0.05, 0) is 18.5 Å². The third-order valence-corrected chi connectivity index (χ3v) is 2.84. The highest BCUT2D eigenvalue weighted by molar-refractivity contribution is 7.09. The highest BCUT2D eigenvalue weighted by Gasteiger charge is 2.17. The molecule has 0 amide bonds. The van der Waals surface area contributed by atoms with Gasteiger partial charge in [-0.2, -0.15) is 4.37 Å². The van der Waals surface area contributed by atoms with Gasteiger partial charge in [-0.3, -0.25) is 0 Å². The zero-order valence-corrected chi connectivity index (χ0v) is 8.46. The van der Waals surface area contributed by atoms with E-state index >= 15 is 0 Å². The first-order valence-electron chi connectivity index (χ1n) is 3.14. The molecular formula is C6H5Cl2NO2S. The van der Waals surface area contributed by atoms with Crippen LogP contribution in [-0.4, -0.2) is 16.9 Å². The van der Waals surface area contributed by atoms with Crippen LogP contribution in [0, 0.1) is 0 Å². The normalized spacial score (nSPS) is 9.92. The van der Waals surface area contributed by atoms with Gasteiger partial charge in [0.2, 0.25) is 0 Å². The molecule has 0 aromatic carbocycles. The summed E-state index contributed by atoms with van der Waals surface area (Å²) in [4.78, 5) is 11.3. The van der Waals surface area contributed by atoms with Crippen LogP contribution in [0.2, 0.25) is 10.2 Å². The molecule has 0 bridgehead atoms. The Labute approximate surface area is 83.4 Å². The molecule has 66 valence electrons. The maximum atomic E-state index is 11.1. The van der Waals surface area contributed by atoms with Crippen molar-refractivity contribution in [1.29, 1.82) is 0 Å². The lowest BCUT2D eigenvalue weighted by Crippen LogP contribution is -2.02. The molecule has 1 rings (SSSR count). The van der Waals surface area contributed by atoms with E-state index in [0.717, 1.165) is 11.5 Å². The van der Waals surface area contributed by atoms with Gasteiger partial charge >= 0.3 is 5.97 Å². The minimum absolute atomic E-state index is 0.143. The predicted octanol–water partition coefficient (Wildman–Crippen LogP) is 2.63. The van der Waals surface area contributed by atoms with E-state index in [-0.39, 0.29) is 15.1 Å². The molecule has 0 aliphatic carbocycles. The largest absolute Gasteiger partial charge is 0.462 e. The molecule has 0 atom stereocenters. The Morgan fingerprint density at radius 2 is 2.33 bits per heavy atom. The molecule has 1 heterocycles. The van der Waals surface area contributed by atoms with Gasteiger partial charge < -0.3 is 4.74 Å². The summed E-state index contributed by atoms with van der Waals surface area (Å²) in [5, 5.41) is 0.310. The average molecular weight is 226 g/mol. The Bertz CT molecular complexity index is 300. The molecule has 0 unspecified atom stereocenters. The number of esters is 1. The van der Waals surface area contributed by atoms with Gasteiger partial charge in [0.1, 0.15) is 5.02 Å². The van der Waals surface area contributed by atoms with E-state index in [1.165, 1.54) is 0 Å². The Balaban J connectivity index is 2.88. The van der Waals surface area contributed by atoms with E-state index in [1.807, 2.05) is 0 Å².